The van der Waals surface area contributed by atoms with E-state index in [2.05, 4.69) is 5.32 Å². The molecule has 1 saturated carbocycles. The van der Waals surface area contributed by atoms with E-state index in [9.17, 15) is 9.59 Å². The molecule has 0 heterocycles. The minimum absolute atomic E-state index is 0.255. The van der Waals surface area contributed by atoms with Crippen molar-refractivity contribution in [3.05, 3.63) is 0 Å². The van der Waals surface area contributed by atoms with Crippen molar-refractivity contribution >= 4 is 12.0 Å². The molecule has 0 radical (unpaired) electrons. The average molecular weight is 328 g/mol. The van der Waals surface area contributed by atoms with Crippen LogP contribution >= 0.6 is 0 Å². The Kier molecular flexibility index (Phi) is 7.82. The highest BCUT2D eigenvalue weighted by Crippen LogP contribution is 2.28. The maximum Gasteiger partial charge on any atom is 0.408 e. The van der Waals surface area contributed by atoms with E-state index in [0.29, 0.717) is 12.3 Å². The van der Waals surface area contributed by atoms with Gasteiger partial charge in [-0.2, -0.15) is 0 Å². The molecule has 2 amide bonds. The molecule has 6 heteroatoms. The molecule has 0 aliphatic heterocycles. The Bertz CT molecular complexity index is 387. The Balaban J connectivity index is 2.60. The van der Waals surface area contributed by atoms with Gasteiger partial charge in [-0.25, -0.2) is 9.86 Å². The molecule has 1 atom stereocenters. The van der Waals surface area contributed by atoms with Gasteiger partial charge in [-0.3, -0.25) is 9.63 Å². The van der Waals surface area contributed by atoms with Crippen molar-refractivity contribution in [2.24, 2.45) is 5.92 Å². The van der Waals surface area contributed by atoms with Gasteiger partial charge in [-0.05, 0) is 39.5 Å². The van der Waals surface area contributed by atoms with Crippen LogP contribution < -0.4 is 5.32 Å². The Labute approximate surface area is 139 Å². The van der Waals surface area contributed by atoms with Gasteiger partial charge < -0.3 is 10.1 Å². The molecule has 1 N–H and O–H groups in total. The summed E-state index contributed by atoms with van der Waals surface area (Å²) in [5.74, 6) is 0.390. The summed E-state index contributed by atoms with van der Waals surface area (Å²) in [7, 11) is 2.98. The fourth-order valence-corrected chi connectivity index (χ4v) is 2.89. The number of amides is 2. The van der Waals surface area contributed by atoms with Crippen molar-refractivity contribution in [2.45, 2.75) is 77.4 Å². The molecule has 0 saturated heterocycles. The van der Waals surface area contributed by atoms with E-state index in [0.717, 1.165) is 11.5 Å². The third-order valence-corrected chi connectivity index (χ3v) is 4.16. The van der Waals surface area contributed by atoms with Crippen molar-refractivity contribution in [2.75, 3.05) is 14.2 Å². The van der Waals surface area contributed by atoms with Gasteiger partial charge in [0.25, 0.3) is 5.91 Å². The van der Waals surface area contributed by atoms with Crippen LogP contribution in [-0.4, -0.2) is 42.9 Å². The zero-order chi connectivity index (χ0) is 17.5. The first-order valence-electron chi connectivity index (χ1n) is 8.54. The zero-order valence-corrected chi connectivity index (χ0v) is 15.2. The first kappa shape index (κ1) is 19.7. The van der Waals surface area contributed by atoms with E-state index in [1.807, 2.05) is 0 Å². The van der Waals surface area contributed by atoms with Crippen LogP contribution in [0.2, 0.25) is 0 Å². The second-order valence-corrected chi connectivity index (χ2v) is 7.30. The second kappa shape index (κ2) is 9.11. The van der Waals surface area contributed by atoms with Crippen LogP contribution in [0.25, 0.3) is 0 Å². The largest absolute Gasteiger partial charge is 0.444 e. The quantitative estimate of drug-likeness (QED) is 0.760. The molecule has 0 aromatic carbocycles. The summed E-state index contributed by atoms with van der Waals surface area (Å²) in [6.45, 7) is 5.39. The summed E-state index contributed by atoms with van der Waals surface area (Å²) in [5, 5.41) is 3.85. The molecule has 1 aliphatic carbocycles. The highest BCUT2D eigenvalue weighted by atomic mass is 16.7. The predicted octanol–water partition coefficient (Wildman–Crippen LogP) is 3.26. The number of alkyl carbamates (subject to hydrolysis) is 1. The number of rotatable bonds is 6. The van der Waals surface area contributed by atoms with E-state index in [4.69, 9.17) is 9.57 Å². The lowest BCUT2D eigenvalue weighted by molar-refractivity contribution is -0.171. The first-order chi connectivity index (χ1) is 10.7. The van der Waals surface area contributed by atoms with Crippen LogP contribution in [0.1, 0.15) is 65.7 Å². The Morgan fingerprint density at radius 3 is 2.35 bits per heavy atom. The molecular weight excluding hydrogens is 296 g/mol. The lowest BCUT2D eigenvalue weighted by Crippen LogP contribution is -2.48. The monoisotopic (exact) mass is 328 g/mol. The Morgan fingerprint density at radius 2 is 1.83 bits per heavy atom. The summed E-state index contributed by atoms with van der Waals surface area (Å²) in [5.41, 5.74) is -0.589. The number of nitrogens with zero attached hydrogens (tertiary/aromatic N) is 1. The molecule has 134 valence electrons. The maximum atomic E-state index is 12.4. The number of hydrogen-bond acceptors (Lipinski definition) is 4. The van der Waals surface area contributed by atoms with Crippen LogP contribution in [0.3, 0.4) is 0 Å². The van der Waals surface area contributed by atoms with Gasteiger partial charge in [0, 0.05) is 7.05 Å². The fraction of sp³-hybridized carbons (Fsp3) is 0.882. The molecule has 6 nitrogen and oxygen atoms in total. The summed E-state index contributed by atoms with van der Waals surface area (Å²) in [6.07, 6.45) is 7.24. The van der Waals surface area contributed by atoms with E-state index in [1.54, 1.807) is 27.8 Å². The highest BCUT2D eigenvalue weighted by molar-refractivity contribution is 5.84. The number of ether oxygens (including phenoxy) is 1. The average Bonchev–Trinajstić information content (AvgIpc) is 2.49. The number of hydroxylamine groups is 2. The predicted molar refractivity (Wildman–Crippen MR) is 88.7 cm³/mol. The lowest BCUT2D eigenvalue weighted by atomic mass is 9.85. The van der Waals surface area contributed by atoms with Gasteiger partial charge in [0.15, 0.2) is 0 Å². The van der Waals surface area contributed by atoms with Gasteiger partial charge in [-0.1, -0.05) is 32.1 Å². The third-order valence-electron chi connectivity index (χ3n) is 4.16. The van der Waals surface area contributed by atoms with Gasteiger partial charge in [-0.15, -0.1) is 0 Å². The normalized spacial score (nSPS) is 17.4. The number of carbonyl (C=O) groups is 2. The number of hydrogen-bond donors (Lipinski definition) is 1. The van der Waals surface area contributed by atoms with Crippen LogP contribution in [-0.2, 0) is 14.4 Å². The summed E-state index contributed by atoms with van der Waals surface area (Å²) in [6, 6.07) is -0.614. The second-order valence-electron chi connectivity index (χ2n) is 7.30. The van der Waals surface area contributed by atoms with Crippen LogP contribution in [0.5, 0.6) is 0 Å². The number of nitrogens with one attached hydrogen (secondary N) is 1. The smallest absolute Gasteiger partial charge is 0.408 e. The van der Waals surface area contributed by atoms with Gasteiger partial charge in [0.1, 0.15) is 11.6 Å². The summed E-state index contributed by atoms with van der Waals surface area (Å²) < 4.78 is 5.26. The van der Waals surface area contributed by atoms with E-state index in [1.165, 1.54) is 39.2 Å². The standard InChI is InChI=1S/C17H32N2O4/c1-17(2,3)23-16(21)18-14(15(20)19(4)22-5)12-11-13-9-7-6-8-10-13/h13-14H,6-12H2,1-5H3,(H,18,21)/t14-/m0/s1. The summed E-state index contributed by atoms with van der Waals surface area (Å²) in [4.78, 5) is 29.3. The van der Waals surface area contributed by atoms with Crippen molar-refractivity contribution in [3.63, 3.8) is 0 Å². The van der Waals surface area contributed by atoms with Crippen molar-refractivity contribution in [3.8, 4) is 0 Å². The van der Waals surface area contributed by atoms with E-state index in [-0.39, 0.29) is 5.91 Å². The molecule has 0 aromatic rings. The lowest BCUT2D eigenvalue weighted by Gasteiger charge is -2.27. The molecule has 0 spiro atoms. The number of likely N-dealkylation sites (N-methyl/N-ethyl adjacent to an activating group) is 1. The fourth-order valence-electron chi connectivity index (χ4n) is 2.89. The Morgan fingerprint density at radius 1 is 1.22 bits per heavy atom. The molecule has 0 unspecified atom stereocenters. The minimum atomic E-state index is -0.614. The highest BCUT2D eigenvalue weighted by Gasteiger charge is 2.28. The van der Waals surface area contributed by atoms with Gasteiger partial charge in [0.05, 0.1) is 7.11 Å². The van der Waals surface area contributed by atoms with Crippen LogP contribution in [0, 0.1) is 5.92 Å². The SMILES string of the molecule is CON(C)C(=O)[C@H](CCC1CCCCC1)NC(=O)OC(C)(C)C. The number of carbonyl (C=O) groups excluding carboxylic acids is 2. The first-order valence-corrected chi connectivity index (χ1v) is 8.54. The van der Waals surface area contributed by atoms with Crippen molar-refractivity contribution in [1.29, 1.82) is 0 Å². The maximum absolute atomic E-state index is 12.4. The van der Waals surface area contributed by atoms with Crippen LogP contribution in [0.15, 0.2) is 0 Å². The molecule has 0 aromatic heterocycles. The van der Waals surface area contributed by atoms with Gasteiger partial charge in [0.2, 0.25) is 0 Å². The topological polar surface area (TPSA) is 67.9 Å². The van der Waals surface area contributed by atoms with Crippen molar-refractivity contribution in [1.82, 2.24) is 10.4 Å². The van der Waals surface area contributed by atoms with Gasteiger partial charge >= 0.3 is 6.09 Å². The minimum Gasteiger partial charge on any atom is -0.444 e. The third kappa shape index (κ3) is 7.68. The molecule has 1 fully saturated rings. The van der Waals surface area contributed by atoms with E-state index < -0.39 is 17.7 Å². The summed E-state index contributed by atoms with van der Waals surface area (Å²) >= 11 is 0. The molecule has 23 heavy (non-hydrogen) atoms. The molecule has 1 rings (SSSR count). The molecule has 1 aliphatic rings. The van der Waals surface area contributed by atoms with Crippen molar-refractivity contribution < 1.29 is 19.2 Å². The van der Waals surface area contributed by atoms with E-state index >= 15 is 0 Å². The van der Waals surface area contributed by atoms with Crippen LogP contribution in [0.4, 0.5) is 4.79 Å². The Hall–Kier alpha value is -1.30. The molecular formula is C17H32N2O4. The zero-order valence-electron chi connectivity index (χ0n) is 15.2. The molecule has 0 bridgehead atoms.